The predicted molar refractivity (Wildman–Crippen MR) is 184 cm³/mol. The highest BCUT2D eigenvalue weighted by Crippen LogP contribution is 2.45. The smallest absolute Gasteiger partial charge is 0.257 e. The Balaban J connectivity index is 1.37. The van der Waals surface area contributed by atoms with E-state index in [1.807, 2.05) is 0 Å². The van der Waals surface area contributed by atoms with Gasteiger partial charge in [0.2, 0.25) is 0 Å². The van der Waals surface area contributed by atoms with Crippen molar-refractivity contribution >= 4 is 72.7 Å². The highest BCUT2D eigenvalue weighted by Gasteiger charge is 2.42. The van der Waals surface area contributed by atoms with Crippen LogP contribution in [0.5, 0.6) is 11.5 Å². The first-order chi connectivity index (χ1) is 21.9. The van der Waals surface area contributed by atoms with Gasteiger partial charge in [0, 0.05) is 33.4 Å². The molecule has 0 aliphatic carbocycles. The van der Waals surface area contributed by atoms with Crippen molar-refractivity contribution in [3.8, 4) is 17.2 Å². The predicted octanol–water partition coefficient (Wildman–Crippen LogP) is 8.34. The van der Waals surface area contributed by atoms with E-state index in [2.05, 4.69) is 161 Å². The SMILES string of the molecule is c1ccc(N(c2ccccc2)c2ccc3c4c2Oc2ccc5ccccc5c2B4c2cccc4c5ccccc5n-3c24)cc1. The lowest BCUT2D eigenvalue weighted by Crippen LogP contribution is -2.58. The van der Waals surface area contributed by atoms with Gasteiger partial charge < -0.3 is 14.2 Å². The third-order valence-corrected chi connectivity index (χ3v) is 9.42. The molecule has 2 aliphatic rings. The maximum Gasteiger partial charge on any atom is 0.257 e. The summed E-state index contributed by atoms with van der Waals surface area (Å²) >= 11 is 0. The van der Waals surface area contributed by atoms with E-state index in [9.17, 15) is 0 Å². The zero-order chi connectivity index (χ0) is 28.8. The molecule has 204 valence electrons. The molecule has 3 nitrogen and oxygen atoms in total. The molecule has 8 aromatic rings. The van der Waals surface area contributed by atoms with E-state index in [0.717, 1.165) is 28.6 Å². The van der Waals surface area contributed by atoms with Gasteiger partial charge in [0.25, 0.3) is 6.71 Å². The van der Waals surface area contributed by atoms with E-state index in [0.29, 0.717) is 0 Å². The van der Waals surface area contributed by atoms with Crippen LogP contribution in [0, 0.1) is 0 Å². The molecule has 7 aromatic carbocycles. The van der Waals surface area contributed by atoms with Crippen molar-refractivity contribution in [1.82, 2.24) is 4.57 Å². The molecule has 0 unspecified atom stereocenters. The van der Waals surface area contributed by atoms with Crippen LogP contribution in [-0.4, -0.2) is 11.3 Å². The lowest BCUT2D eigenvalue weighted by atomic mass is 9.34. The van der Waals surface area contributed by atoms with Gasteiger partial charge in [-0.05, 0) is 75.7 Å². The average Bonchev–Trinajstić information content (AvgIpc) is 3.43. The third kappa shape index (κ3) is 3.12. The number of para-hydroxylation sites is 4. The Hall–Kier alpha value is -5.74. The van der Waals surface area contributed by atoms with Gasteiger partial charge in [-0.25, -0.2) is 0 Å². The number of nitrogens with zero attached hydrogens (tertiary/aromatic N) is 2. The molecule has 0 fully saturated rings. The van der Waals surface area contributed by atoms with Crippen molar-refractivity contribution in [2.45, 2.75) is 0 Å². The van der Waals surface area contributed by atoms with E-state index in [-0.39, 0.29) is 6.71 Å². The van der Waals surface area contributed by atoms with Crippen molar-refractivity contribution < 1.29 is 4.74 Å². The van der Waals surface area contributed by atoms with E-state index >= 15 is 0 Å². The van der Waals surface area contributed by atoms with Crippen molar-refractivity contribution in [3.63, 3.8) is 0 Å². The fourth-order valence-corrected chi connectivity index (χ4v) is 7.67. The molecule has 0 spiro atoms. The summed E-state index contributed by atoms with van der Waals surface area (Å²) in [6, 6.07) is 54.4. The summed E-state index contributed by atoms with van der Waals surface area (Å²) in [6.07, 6.45) is 0. The maximum atomic E-state index is 7.13. The number of rotatable bonds is 3. The van der Waals surface area contributed by atoms with E-state index in [4.69, 9.17) is 4.74 Å². The topological polar surface area (TPSA) is 17.4 Å². The summed E-state index contributed by atoms with van der Waals surface area (Å²) in [4.78, 5) is 2.32. The number of hydrogen-bond donors (Lipinski definition) is 0. The normalized spacial score (nSPS) is 12.7. The first-order valence-electron chi connectivity index (χ1n) is 15.2. The number of benzene rings is 7. The molecule has 2 aliphatic heterocycles. The highest BCUT2D eigenvalue weighted by molar-refractivity contribution is 7.00. The quantitative estimate of drug-likeness (QED) is 0.202. The third-order valence-electron chi connectivity index (χ3n) is 9.42. The summed E-state index contributed by atoms with van der Waals surface area (Å²) in [7, 11) is 0. The summed E-state index contributed by atoms with van der Waals surface area (Å²) < 4.78 is 9.60. The monoisotopic (exact) mass is 560 g/mol. The highest BCUT2D eigenvalue weighted by atomic mass is 16.5. The zero-order valence-electron chi connectivity index (χ0n) is 23.8. The maximum absolute atomic E-state index is 7.13. The van der Waals surface area contributed by atoms with Gasteiger partial charge in [-0.3, -0.25) is 0 Å². The molecule has 0 saturated carbocycles. The largest absolute Gasteiger partial charge is 0.456 e. The van der Waals surface area contributed by atoms with E-state index in [1.165, 1.54) is 54.7 Å². The molecule has 1 aromatic heterocycles. The Kier molecular flexibility index (Phi) is 4.80. The van der Waals surface area contributed by atoms with Crippen molar-refractivity contribution in [3.05, 3.63) is 152 Å². The van der Waals surface area contributed by atoms with Crippen LogP contribution < -0.4 is 26.0 Å². The first-order valence-corrected chi connectivity index (χ1v) is 15.2. The number of hydrogen-bond acceptors (Lipinski definition) is 2. The van der Waals surface area contributed by atoms with Crippen LogP contribution in [0.2, 0.25) is 0 Å². The van der Waals surface area contributed by atoms with Crippen LogP contribution in [0.1, 0.15) is 0 Å². The lowest BCUT2D eigenvalue weighted by Gasteiger charge is -2.37. The number of fused-ring (bicyclic) bond motifs is 9. The molecule has 3 heterocycles. The molecule has 44 heavy (non-hydrogen) atoms. The summed E-state index contributed by atoms with van der Waals surface area (Å²) in [5, 5.41) is 5.03. The molecule has 10 rings (SSSR count). The Morgan fingerprint density at radius 1 is 0.523 bits per heavy atom. The second kappa shape index (κ2) is 8.89. The van der Waals surface area contributed by atoms with Gasteiger partial charge in [0.1, 0.15) is 11.5 Å². The lowest BCUT2D eigenvalue weighted by molar-refractivity contribution is 0.489. The van der Waals surface area contributed by atoms with Gasteiger partial charge in [-0.15, -0.1) is 0 Å². The standard InChI is InChI=1S/C40H25BN2O/c1-3-13-27(14-4-1)42(28-15-5-2-6-16-28)35-24-23-34-38-40(35)44-36-25-22-26-12-7-8-17-29(26)37(36)41(38)32-20-11-19-31-30-18-9-10-21-33(30)43(34)39(31)32/h1-25H. The summed E-state index contributed by atoms with van der Waals surface area (Å²) in [6.45, 7) is 0.0173. The Labute approximate surface area is 255 Å². The minimum absolute atomic E-state index is 0.0173. The second-order valence-electron chi connectivity index (χ2n) is 11.7. The van der Waals surface area contributed by atoms with Crippen molar-refractivity contribution in [2.24, 2.45) is 0 Å². The summed E-state index contributed by atoms with van der Waals surface area (Å²) in [5.41, 5.74) is 10.7. The average molecular weight is 560 g/mol. The number of anilines is 3. The zero-order valence-corrected chi connectivity index (χ0v) is 23.8. The minimum atomic E-state index is 0.0173. The Morgan fingerprint density at radius 3 is 2.00 bits per heavy atom. The number of ether oxygens (including phenoxy) is 1. The van der Waals surface area contributed by atoms with Crippen molar-refractivity contribution in [2.75, 3.05) is 4.90 Å². The van der Waals surface area contributed by atoms with Crippen LogP contribution in [0.25, 0.3) is 38.3 Å². The van der Waals surface area contributed by atoms with Gasteiger partial charge in [-0.2, -0.15) is 0 Å². The van der Waals surface area contributed by atoms with Gasteiger partial charge in [0.15, 0.2) is 0 Å². The van der Waals surface area contributed by atoms with E-state index in [1.54, 1.807) is 0 Å². The second-order valence-corrected chi connectivity index (χ2v) is 11.7. The molecular formula is C40H25BN2O. The van der Waals surface area contributed by atoms with Crippen LogP contribution in [0.4, 0.5) is 17.1 Å². The Bertz CT molecular complexity index is 2390. The van der Waals surface area contributed by atoms with Gasteiger partial charge in [-0.1, -0.05) is 103 Å². The van der Waals surface area contributed by atoms with Crippen molar-refractivity contribution in [1.29, 1.82) is 0 Å². The first kappa shape index (κ1) is 23.8. The summed E-state index contributed by atoms with van der Waals surface area (Å²) in [5.74, 6) is 1.82. The molecular weight excluding hydrogens is 535 g/mol. The number of aromatic nitrogens is 1. The van der Waals surface area contributed by atoms with Crippen LogP contribution in [-0.2, 0) is 0 Å². The molecule has 4 heteroatoms. The molecule has 0 bridgehead atoms. The molecule has 0 saturated heterocycles. The van der Waals surface area contributed by atoms with E-state index < -0.39 is 0 Å². The minimum Gasteiger partial charge on any atom is -0.456 e. The molecule has 0 N–H and O–H groups in total. The molecule has 0 radical (unpaired) electrons. The van der Waals surface area contributed by atoms with Gasteiger partial charge >= 0.3 is 0 Å². The fraction of sp³-hybridized carbons (Fsp3) is 0. The van der Waals surface area contributed by atoms with Gasteiger partial charge in [0.05, 0.1) is 11.2 Å². The molecule has 0 atom stereocenters. The fourth-order valence-electron chi connectivity index (χ4n) is 7.67. The van der Waals surface area contributed by atoms with Crippen LogP contribution in [0.15, 0.2) is 152 Å². The Morgan fingerprint density at radius 2 is 1.20 bits per heavy atom. The van der Waals surface area contributed by atoms with Crippen LogP contribution >= 0.6 is 0 Å². The van der Waals surface area contributed by atoms with Crippen LogP contribution in [0.3, 0.4) is 0 Å². The molecule has 0 amide bonds.